The number of hydrogen-bond donors (Lipinski definition) is 1. The van der Waals surface area contributed by atoms with Crippen LogP contribution in [0.3, 0.4) is 0 Å². The zero-order chi connectivity index (χ0) is 27.6. The van der Waals surface area contributed by atoms with Gasteiger partial charge in [-0.05, 0) is 35.4 Å². The molecule has 3 aliphatic heterocycles. The van der Waals surface area contributed by atoms with Crippen molar-refractivity contribution in [2.24, 2.45) is 4.99 Å². The highest BCUT2D eigenvalue weighted by atomic mass is 16.5. The number of morpholine rings is 1. The minimum atomic E-state index is -0.689. The number of fused-ring (bicyclic) bond motifs is 2. The number of hydrogen-bond acceptors (Lipinski definition) is 8. The Labute approximate surface area is 231 Å². The monoisotopic (exact) mass is 539 g/mol. The van der Waals surface area contributed by atoms with Crippen molar-refractivity contribution in [3.05, 3.63) is 83.0 Å². The van der Waals surface area contributed by atoms with E-state index in [0.29, 0.717) is 55.5 Å². The van der Waals surface area contributed by atoms with Gasteiger partial charge in [0, 0.05) is 31.7 Å². The Balaban J connectivity index is 1.32. The molecule has 0 saturated carbocycles. The molecule has 0 radical (unpaired) electrons. The number of ether oxygens (including phenoxy) is 2. The lowest BCUT2D eigenvalue weighted by Crippen LogP contribution is -2.44. The van der Waals surface area contributed by atoms with E-state index >= 15 is 0 Å². The van der Waals surface area contributed by atoms with Crippen molar-refractivity contribution in [1.82, 2.24) is 9.88 Å². The van der Waals surface area contributed by atoms with Gasteiger partial charge >= 0.3 is 5.97 Å². The Morgan fingerprint density at radius 2 is 1.85 bits per heavy atom. The maximum Gasteiger partial charge on any atom is 0.337 e. The Kier molecular flexibility index (Phi) is 7.10. The maximum absolute atomic E-state index is 13.3. The second kappa shape index (κ2) is 11.0. The van der Waals surface area contributed by atoms with Crippen molar-refractivity contribution in [2.75, 3.05) is 56.7 Å². The van der Waals surface area contributed by atoms with Crippen LogP contribution in [0.5, 0.6) is 0 Å². The molecule has 1 aromatic heterocycles. The van der Waals surface area contributed by atoms with Crippen molar-refractivity contribution >= 4 is 40.7 Å². The van der Waals surface area contributed by atoms with Crippen LogP contribution in [0.2, 0.25) is 0 Å². The lowest BCUT2D eigenvalue weighted by molar-refractivity contribution is -0.120. The van der Waals surface area contributed by atoms with Crippen molar-refractivity contribution < 1.29 is 23.9 Å². The number of nitrogens with zero attached hydrogens (tertiary/aromatic N) is 4. The summed E-state index contributed by atoms with van der Waals surface area (Å²) >= 11 is 0. The molecule has 1 N–H and O–H groups in total. The Bertz CT molecular complexity index is 1500. The minimum Gasteiger partial charge on any atom is -0.465 e. The summed E-state index contributed by atoms with van der Waals surface area (Å²) in [5, 5.41) is 2.89. The summed E-state index contributed by atoms with van der Waals surface area (Å²) in [7, 11) is 1.32. The van der Waals surface area contributed by atoms with Crippen molar-refractivity contribution in [3.63, 3.8) is 0 Å². The first kappa shape index (κ1) is 25.8. The van der Waals surface area contributed by atoms with E-state index < -0.39 is 11.9 Å². The molecule has 10 heteroatoms. The Morgan fingerprint density at radius 1 is 1.05 bits per heavy atom. The molecule has 6 rings (SSSR count). The van der Waals surface area contributed by atoms with Gasteiger partial charge in [-0.3, -0.25) is 14.5 Å². The lowest BCUT2D eigenvalue weighted by Gasteiger charge is -2.28. The molecular formula is C30H29N5O5. The van der Waals surface area contributed by atoms with Crippen LogP contribution in [-0.4, -0.2) is 79.9 Å². The van der Waals surface area contributed by atoms with Gasteiger partial charge in [-0.2, -0.15) is 0 Å². The van der Waals surface area contributed by atoms with Crippen molar-refractivity contribution in [2.45, 2.75) is 12.3 Å². The summed E-state index contributed by atoms with van der Waals surface area (Å²) in [5.74, 6) is -0.884. The quantitative estimate of drug-likeness (QED) is 0.379. The highest BCUT2D eigenvalue weighted by Crippen LogP contribution is 2.37. The summed E-state index contributed by atoms with van der Waals surface area (Å²) in [6, 6.07) is 18.2. The molecule has 1 unspecified atom stereocenters. The SMILES string of the molecule is COC(=O)c1ccc2c(c1)NC(=O)C2C(=Nc1ccc2c(n1)CCN2C(=O)CN1CCOCC1)c1ccccc1. The molecule has 10 nitrogen and oxygen atoms in total. The fourth-order valence-corrected chi connectivity index (χ4v) is 5.41. The second-order valence-electron chi connectivity index (χ2n) is 9.90. The standard InChI is InChI=1S/C30H29N5O5/c1-39-30(38)20-7-8-21-23(17-20)32-29(37)27(21)28(19-5-3-2-4-6-19)33-25-10-9-24-22(31-25)11-12-35(24)26(36)18-34-13-15-40-16-14-34/h2-10,17,27H,11-16,18H2,1H3,(H,32,37). The minimum absolute atomic E-state index is 0.0502. The number of aromatic nitrogens is 1. The molecule has 204 valence electrons. The molecule has 1 fully saturated rings. The molecule has 0 spiro atoms. The smallest absolute Gasteiger partial charge is 0.337 e. The second-order valence-corrected chi connectivity index (χ2v) is 9.90. The number of anilines is 2. The third kappa shape index (κ3) is 4.99. The van der Waals surface area contributed by atoms with E-state index in [1.807, 2.05) is 36.4 Å². The number of benzene rings is 2. The molecule has 1 atom stereocenters. The first-order valence-corrected chi connectivity index (χ1v) is 13.3. The van der Waals surface area contributed by atoms with E-state index in [-0.39, 0.29) is 11.8 Å². The van der Waals surface area contributed by atoms with Crippen LogP contribution in [0.4, 0.5) is 17.2 Å². The summed E-state index contributed by atoms with van der Waals surface area (Å²) in [4.78, 5) is 52.0. The Morgan fingerprint density at radius 3 is 2.62 bits per heavy atom. The van der Waals surface area contributed by atoms with E-state index in [2.05, 4.69) is 10.2 Å². The van der Waals surface area contributed by atoms with Crippen molar-refractivity contribution in [1.29, 1.82) is 0 Å². The molecule has 2 amide bonds. The number of aliphatic imine (C=N–C) groups is 1. The normalized spacial score (nSPS) is 18.7. The fraction of sp³-hybridized carbons (Fsp3) is 0.300. The van der Waals surface area contributed by atoms with E-state index in [4.69, 9.17) is 19.5 Å². The van der Waals surface area contributed by atoms with Gasteiger partial charge in [0.2, 0.25) is 11.8 Å². The van der Waals surface area contributed by atoms with Gasteiger partial charge < -0.3 is 19.7 Å². The zero-order valence-corrected chi connectivity index (χ0v) is 22.1. The predicted octanol–water partition coefficient (Wildman–Crippen LogP) is 2.95. The van der Waals surface area contributed by atoms with Gasteiger partial charge in [-0.25, -0.2) is 14.8 Å². The topological polar surface area (TPSA) is 113 Å². The Hall–Kier alpha value is -4.41. The number of carbonyl (C=O) groups excluding carboxylic acids is 3. The summed E-state index contributed by atoms with van der Waals surface area (Å²) in [5.41, 5.74) is 4.58. The summed E-state index contributed by atoms with van der Waals surface area (Å²) in [6.07, 6.45) is 0.636. The van der Waals surface area contributed by atoms with E-state index in [1.54, 1.807) is 29.2 Å². The van der Waals surface area contributed by atoms with Crippen LogP contribution in [0.15, 0.2) is 65.7 Å². The van der Waals surface area contributed by atoms with Crippen LogP contribution in [0.25, 0.3) is 0 Å². The molecule has 1 saturated heterocycles. The van der Waals surface area contributed by atoms with Gasteiger partial charge in [0.15, 0.2) is 5.82 Å². The summed E-state index contributed by atoms with van der Waals surface area (Å²) < 4.78 is 10.2. The van der Waals surface area contributed by atoms with Gasteiger partial charge in [0.1, 0.15) is 5.92 Å². The van der Waals surface area contributed by atoms with E-state index in [1.165, 1.54) is 7.11 Å². The average molecular weight is 540 g/mol. The van der Waals surface area contributed by atoms with Crippen LogP contribution in [-0.2, 0) is 25.5 Å². The van der Waals surface area contributed by atoms with Gasteiger partial charge in [-0.15, -0.1) is 0 Å². The molecule has 0 bridgehead atoms. The first-order valence-electron chi connectivity index (χ1n) is 13.3. The highest BCUT2D eigenvalue weighted by Gasteiger charge is 2.36. The largest absolute Gasteiger partial charge is 0.465 e. The molecule has 4 heterocycles. The number of amides is 2. The zero-order valence-electron chi connectivity index (χ0n) is 22.1. The van der Waals surface area contributed by atoms with Crippen LogP contribution >= 0.6 is 0 Å². The van der Waals surface area contributed by atoms with Crippen LogP contribution in [0.1, 0.15) is 33.1 Å². The van der Waals surface area contributed by atoms with Crippen LogP contribution in [0, 0.1) is 0 Å². The highest BCUT2D eigenvalue weighted by molar-refractivity contribution is 6.24. The van der Waals surface area contributed by atoms with Gasteiger partial charge in [0.25, 0.3) is 0 Å². The third-order valence-electron chi connectivity index (χ3n) is 7.45. The molecule has 2 aromatic carbocycles. The van der Waals surface area contributed by atoms with Crippen LogP contribution < -0.4 is 10.2 Å². The number of rotatable bonds is 6. The number of esters is 1. The van der Waals surface area contributed by atoms with E-state index in [9.17, 15) is 14.4 Å². The number of methoxy groups -OCH3 is 1. The van der Waals surface area contributed by atoms with E-state index in [0.717, 1.165) is 35.6 Å². The molecular weight excluding hydrogens is 510 g/mol. The first-order chi connectivity index (χ1) is 19.5. The van der Waals surface area contributed by atoms with Gasteiger partial charge in [-0.1, -0.05) is 36.4 Å². The fourth-order valence-electron chi connectivity index (χ4n) is 5.41. The third-order valence-corrected chi connectivity index (χ3v) is 7.45. The van der Waals surface area contributed by atoms with Gasteiger partial charge in [0.05, 0.1) is 49.5 Å². The van der Waals surface area contributed by atoms with Crippen molar-refractivity contribution in [3.8, 4) is 0 Å². The summed E-state index contributed by atoms with van der Waals surface area (Å²) in [6.45, 7) is 3.73. The average Bonchev–Trinajstić information content (AvgIpc) is 3.56. The molecule has 3 aliphatic rings. The molecule has 40 heavy (non-hydrogen) atoms. The lowest BCUT2D eigenvalue weighted by atomic mass is 9.90. The maximum atomic E-state index is 13.3. The molecule has 3 aromatic rings. The predicted molar refractivity (Wildman–Crippen MR) is 149 cm³/mol. The number of pyridine rings is 1. The number of nitrogens with one attached hydrogen (secondary N) is 1. The number of carbonyl (C=O) groups is 3. The molecule has 0 aliphatic carbocycles.